The summed E-state index contributed by atoms with van der Waals surface area (Å²) in [5.74, 6) is -2.03. The van der Waals surface area contributed by atoms with Crippen LogP contribution in [0.15, 0.2) is 30.3 Å². The van der Waals surface area contributed by atoms with Crippen LogP contribution in [0.4, 0.5) is 0 Å². The molecule has 4 amide bonds. The van der Waals surface area contributed by atoms with Gasteiger partial charge in [-0.25, -0.2) is 0 Å². The van der Waals surface area contributed by atoms with Crippen molar-refractivity contribution in [3.63, 3.8) is 0 Å². The first-order chi connectivity index (χ1) is 16.7. The number of thioether (sulfide) groups is 1. The largest absolute Gasteiger partial charge is 0.480 e. The van der Waals surface area contributed by atoms with Gasteiger partial charge in [0.2, 0.25) is 23.6 Å². The van der Waals surface area contributed by atoms with E-state index >= 15 is 0 Å². The van der Waals surface area contributed by atoms with E-state index in [0.29, 0.717) is 11.7 Å². The molecule has 2 aliphatic heterocycles. The van der Waals surface area contributed by atoms with Crippen molar-refractivity contribution >= 4 is 41.4 Å². The number of nitrogens with one attached hydrogen (secondary N) is 3. The molecule has 1 aromatic rings. The molecule has 2 fully saturated rings. The van der Waals surface area contributed by atoms with Gasteiger partial charge in [0.1, 0.15) is 18.6 Å². The highest BCUT2D eigenvalue weighted by atomic mass is 32.2. The summed E-state index contributed by atoms with van der Waals surface area (Å²) in [6.07, 6.45) is 1.68. The van der Waals surface area contributed by atoms with Crippen LogP contribution in [0.2, 0.25) is 0 Å². The van der Waals surface area contributed by atoms with Crippen molar-refractivity contribution in [3.8, 4) is 0 Å². The highest BCUT2D eigenvalue weighted by molar-refractivity contribution is 8.00. The third-order valence-electron chi connectivity index (χ3n) is 6.01. The van der Waals surface area contributed by atoms with Crippen molar-refractivity contribution in [2.24, 2.45) is 11.8 Å². The average Bonchev–Trinajstić information content (AvgIpc) is 3.35. The maximum Gasteiger partial charge on any atom is 0.322 e. The molecule has 4 atom stereocenters. The maximum absolute atomic E-state index is 12.8. The Bertz CT molecular complexity index is 957. The number of fused-ring (bicyclic) bond motifs is 1. The lowest BCUT2D eigenvalue weighted by molar-refractivity contribution is -0.139. The number of carboxylic acid groups (broad SMARTS) is 1. The Morgan fingerprint density at radius 3 is 2.49 bits per heavy atom. The third-order valence-corrected chi connectivity index (χ3v) is 7.32. The summed E-state index contributed by atoms with van der Waals surface area (Å²) < 4.78 is 0. The van der Waals surface area contributed by atoms with Crippen molar-refractivity contribution in [2.45, 2.75) is 50.6 Å². The Balaban J connectivity index is 1.55. The predicted molar refractivity (Wildman–Crippen MR) is 130 cm³/mol. The molecule has 35 heavy (non-hydrogen) atoms. The van der Waals surface area contributed by atoms with Crippen molar-refractivity contribution < 1.29 is 29.1 Å². The number of aliphatic carboxylic acids is 1. The molecule has 2 aliphatic rings. The number of nitrogens with zero attached hydrogens (tertiary/aromatic N) is 1. The Morgan fingerprint density at radius 2 is 1.83 bits per heavy atom. The summed E-state index contributed by atoms with van der Waals surface area (Å²) in [5, 5.41) is 16.3. The number of carboxylic acids is 1. The number of hydrogen-bond acceptors (Lipinski definition) is 6. The SMILES string of the molecule is CC(C)CC1C[C@@H]2SC[C@@H](C(=O)NCC(=O)N[C@@H](Cc3ccccc3)C(=O)NCC(=O)O)N2C1=O. The number of carbonyl (C=O) groups is 5. The van der Waals surface area contributed by atoms with Crippen LogP contribution in [0.3, 0.4) is 0 Å². The number of benzene rings is 1. The maximum atomic E-state index is 12.8. The average molecular weight is 505 g/mol. The summed E-state index contributed by atoms with van der Waals surface area (Å²) >= 11 is 1.58. The van der Waals surface area contributed by atoms with E-state index < -0.39 is 42.3 Å². The fraction of sp³-hybridized carbons (Fsp3) is 0.542. The molecule has 2 saturated heterocycles. The van der Waals surface area contributed by atoms with Gasteiger partial charge in [-0.2, -0.15) is 0 Å². The van der Waals surface area contributed by atoms with Crippen LogP contribution in [0.25, 0.3) is 0 Å². The molecule has 10 nitrogen and oxygen atoms in total. The molecule has 0 aromatic heterocycles. The first kappa shape index (κ1) is 26.5. The minimum Gasteiger partial charge on any atom is -0.480 e. The van der Waals surface area contributed by atoms with Gasteiger partial charge in [-0.1, -0.05) is 44.2 Å². The lowest BCUT2D eigenvalue weighted by Gasteiger charge is -2.23. The van der Waals surface area contributed by atoms with Crippen LogP contribution < -0.4 is 16.0 Å². The summed E-state index contributed by atoms with van der Waals surface area (Å²) in [5.41, 5.74) is 0.782. The van der Waals surface area contributed by atoms with E-state index in [-0.39, 0.29) is 30.2 Å². The molecule has 0 bridgehead atoms. The van der Waals surface area contributed by atoms with Gasteiger partial charge >= 0.3 is 5.97 Å². The molecule has 3 rings (SSSR count). The van der Waals surface area contributed by atoms with E-state index in [1.807, 2.05) is 6.07 Å². The zero-order valence-electron chi connectivity index (χ0n) is 19.9. The number of rotatable bonds is 11. The van der Waals surface area contributed by atoms with Crippen LogP contribution >= 0.6 is 11.8 Å². The molecule has 1 unspecified atom stereocenters. The monoisotopic (exact) mass is 504 g/mol. The van der Waals surface area contributed by atoms with E-state index in [2.05, 4.69) is 29.8 Å². The molecule has 2 heterocycles. The second-order valence-corrected chi connectivity index (χ2v) is 10.5. The van der Waals surface area contributed by atoms with Gasteiger partial charge in [0.05, 0.1) is 11.9 Å². The molecular weight excluding hydrogens is 472 g/mol. The second-order valence-electron chi connectivity index (χ2n) is 9.25. The van der Waals surface area contributed by atoms with E-state index in [1.165, 1.54) is 0 Å². The van der Waals surface area contributed by atoms with Crippen molar-refractivity contribution in [2.75, 3.05) is 18.8 Å². The number of carbonyl (C=O) groups excluding carboxylic acids is 4. The lowest BCUT2D eigenvalue weighted by Crippen LogP contribution is -2.53. The highest BCUT2D eigenvalue weighted by Crippen LogP contribution is 2.42. The smallest absolute Gasteiger partial charge is 0.322 e. The van der Waals surface area contributed by atoms with E-state index in [9.17, 15) is 24.0 Å². The molecule has 190 valence electrons. The quantitative estimate of drug-likeness (QED) is 0.341. The van der Waals surface area contributed by atoms with Gasteiger partial charge in [0.15, 0.2) is 0 Å². The van der Waals surface area contributed by atoms with Gasteiger partial charge in [-0.3, -0.25) is 24.0 Å². The summed E-state index contributed by atoms with van der Waals surface area (Å²) in [7, 11) is 0. The van der Waals surface area contributed by atoms with Crippen LogP contribution in [-0.2, 0) is 30.4 Å². The molecule has 0 saturated carbocycles. The summed E-state index contributed by atoms with van der Waals surface area (Å²) in [6.45, 7) is 3.21. The number of amides is 4. The molecule has 0 spiro atoms. The molecule has 11 heteroatoms. The summed E-state index contributed by atoms with van der Waals surface area (Å²) in [6, 6.07) is 7.35. The van der Waals surface area contributed by atoms with Crippen molar-refractivity contribution in [1.82, 2.24) is 20.9 Å². The Morgan fingerprint density at radius 1 is 1.11 bits per heavy atom. The van der Waals surface area contributed by atoms with E-state index in [0.717, 1.165) is 18.4 Å². The Hall–Kier alpha value is -3.08. The standard InChI is InChI=1S/C24H32N4O6S/c1-14(2)8-16-10-20-28(24(16)34)18(13-35-20)23(33)25-11-19(29)27-17(22(32)26-12-21(30)31)9-15-6-4-3-5-7-15/h3-7,14,16-18,20H,8-13H2,1-2H3,(H,25,33)(H,26,32)(H,27,29)(H,30,31)/t16?,17-,18-,20-/m0/s1. The van der Waals surface area contributed by atoms with Gasteiger partial charge in [-0.15, -0.1) is 11.8 Å². The molecule has 1 aromatic carbocycles. The molecule has 0 radical (unpaired) electrons. The highest BCUT2D eigenvalue weighted by Gasteiger charge is 2.49. The van der Waals surface area contributed by atoms with Gasteiger partial charge in [0, 0.05) is 18.1 Å². The minimum atomic E-state index is -1.20. The minimum absolute atomic E-state index is 0.00340. The van der Waals surface area contributed by atoms with E-state index in [4.69, 9.17) is 5.11 Å². The van der Waals surface area contributed by atoms with Gasteiger partial charge in [0.25, 0.3) is 0 Å². The van der Waals surface area contributed by atoms with Crippen molar-refractivity contribution in [3.05, 3.63) is 35.9 Å². The zero-order valence-corrected chi connectivity index (χ0v) is 20.7. The molecule has 4 N–H and O–H groups in total. The van der Waals surface area contributed by atoms with Crippen LogP contribution in [-0.4, -0.2) is 75.9 Å². The number of hydrogen-bond donors (Lipinski definition) is 4. The fourth-order valence-electron chi connectivity index (χ4n) is 4.44. The topological polar surface area (TPSA) is 145 Å². The van der Waals surface area contributed by atoms with E-state index in [1.54, 1.807) is 40.9 Å². The van der Waals surface area contributed by atoms with Crippen LogP contribution in [0.1, 0.15) is 32.3 Å². The van der Waals surface area contributed by atoms with Crippen LogP contribution in [0.5, 0.6) is 0 Å². The van der Waals surface area contributed by atoms with Crippen LogP contribution in [0, 0.1) is 11.8 Å². The molecule has 0 aliphatic carbocycles. The normalized spacial score (nSPS) is 22.0. The summed E-state index contributed by atoms with van der Waals surface area (Å²) in [4.78, 5) is 63.2. The van der Waals surface area contributed by atoms with Gasteiger partial charge in [-0.05, 0) is 24.3 Å². The first-order valence-electron chi connectivity index (χ1n) is 11.7. The predicted octanol–water partition coefficient (Wildman–Crippen LogP) is 0.367. The zero-order chi connectivity index (χ0) is 25.5. The fourth-order valence-corrected chi connectivity index (χ4v) is 5.94. The van der Waals surface area contributed by atoms with Gasteiger partial charge < -0.3 is 26.0 Å². The Kier molecular flexibility index (Phi) is 9.13. The second kappa shape index (κ2) is 12.1. The third kappa shape index (κ3) is 7.20. The molecular formula is C24H32N4O6S. The van der Waals surface area contributed by atoms with Crippen molar-refractivity contribution in [1.29, 1.82) is 0 Å². The lowest BCUT2D eigenvalue weighted by atomic mass is 9.96. The Labute approximate surface area is 208 Å². The first-order valence-corrected chi connectivity index (χ1v) is 12.7.